The second-order valence-corrected chi connectivity index (χ2v) is 4.72. The Morgan fingerprint density at radius 2 is 2.05 bits per heavy atom. The summed E-state index contributed by atoms with van der Waals surface area (Å²) >= 11 is 5.80. The quantitative estimate of drug-likeness (QED) is 0.897. The third-order valence-corrected chi connectivity index (χ3v) is 2.89. The first-order chi connectivity index (χ1) is 9.08. The molecule has 0 aliphatic heterocycles. The van der Waals surface area contributed by atoms with Crippen LogP contribution in [0.15, 0.2) is 42.5 Å². The molecule has 0 aliphatic carbocycles. The van der Waals surface area contributed by atoms with Crippen LogP contribution in [-0.2, 0) is 0 Å². The van der Waals surface area contributed by atoms with Crippen molar-refractivity contribution in [2.75, 3.05) is 5.32 Å². The van der Waals surface area contributed by atoms with E-state index in [2.05, 4.69) is 11.4 Å². The molecule has 0 amide bonds. The number of rotatable bonds is 3. The van der Waals surface area contributed by atoms with Crippen LogP contribution in [0.1, 0.15) is 17.2 Å². The number of hydrogen-bond donors (Lipinski definition) is 1. The largest absolute Gasteiger partial charge is 0.366 e. The van der Waals surface area contributed by atoms with Crippen LogP contribution >= 0.6 is 11.6 Å². The summed E-state index contributed by atoms with van der Waals surface area (Å²) in [5.41, 5.74) is 2.40. The Hall–Kier alpha value is -2.05. The molecule has 0 saturated heterocycles. The van der Waals surface area contributed by atoms with Crippen molar-refractivity contribution in [1.82, 2.24) is 0 Å². The molecule has 19 heavy (non-hydrogen) atoms. The molecule has 0 heterocycles. The van der Waals surface area contributed by atoms with E-state index in [4.69, 9.17) is 11.6 Å². The Kier molecular flexibility index (Phi) is 4.03. The van der Waals surface area contributed by atoms with Crippen LogP contribution in [0.3, 0.4) is 0 Å². The summed E-state index contributed by atoms with van der Waals surface area (Å²) in [6, 6.07) is 13.2. The molecule has 2 rings (SSSR count). The number of anilines is 1. The maximum Gasteiger partial charge on any atom is 0.140 e. The van der Waals surface area contributed by atoms with Gasteiger partial charge in [0.1, 0.15) is 11.9 Å². The fourth-order valence-corrected chi connectivity index (χ4v) is 2.06. The van der Waals surface area contributed by atoms with Crippen molar-refractivity contribution in [1.29, 1.82) is 5.26 Å². The molecule has 2 nitrogen and oxygen atoms in total. The van der Waals surface area contributed by atoms with Gasteiger partial charge in [-0.05, 0) is 48.4 Å². The summed E-state index contributed by atoms with van der Waals surface area (Å²) in [4.78, 5) is 0. The molecule has 4 heteroatoms. The molecule has 0 fully saturated rings. The van der Waals surface area contributed by atoms with Crippen LogP contribution in [0.5, 0.6) is 0 Å². The molecule has 96 valence electrons. The summed E-state index contributed by atoms with van der Waals surface area (Å²) in [7, 11) is 0. The topological polar surface area (TPSA) is 35.8 Å². The lowest BCUT2D eigenvalue weighted by Crippen LogP contribution is -2.08. The molecule has 2 aromatic rings. The van der Waals surface area contributed by atoms with Crippen LogP contribution < -0.4 is 5.32 Å². The lowest BCUT2D eigenvalue weighted by Gasteiger charge is -2.14. The molecule has 0 bridgehead atoms. The van der Waals surface area contributed by atoms with Gasteiger partial charge in [0.2, 0.25) is 0 Å². The highest BCUT2D eigenvalue weighted by Gasteiger charge is 2.12. The Labute approximate surface area is 116 Å². The number of nitrogens with one attached hydrogen (secondary N) is 1. The molecule has 1 N–H and O–H groups in total. The molecule has 0 aliphatic rings. The predicted molar refractivity (Wildman–Crippen MR) is 74.6 cm³/mol. The summed E-state index contributed by atoms with van der Waals surface area (Å²) < 4.78 is 13.3. The zero-order valence-electron chi connectivity index (χ0n) is 10.3. The number of aryl methyl sites for hydroxylation is 1. The predicted octanol–water partition coefficient (Wildman–Crippen LogP) is 4.46. The Bertz CT molecular complexity index is 614. The lowest BCUT2D eigenvalue weighted by atomic mass is 10.1. The van der Waals surface area contributed by atoms with Crippen molar-refractivity contribution < 1.29 is 4.39 Å². The van der Waals surface area contributed by atoms with Gasteiger partial charge in [0.05, 0.1) is 6.07 Å². The van der Waals surface area contributed by atoms with E-state index in [0.717, 1.165) is 11.3 Å². The molecular weight excluding hydrogens is 263 g/mol. The highest BCUT2D eigenvalue weighted by atomic mass is 35.5. The van der Waals surface area contributed by atoms with E-state index >= 15 is 0 Å². The summed E-state index contributed by atoms with van der Waals surface area (Å²) in [6.07, 6.45) is 0. The van der Waals surface area contributed by atoms with Gasteiger partial charge in [0.25, 0.3) is 0 Å². The van der Waals surface area contributed by atoms with Crippen molar-refractivity contribution in [3.8, 4) is 6.07 Å². The first-order valence-corrected chi connectivity index (χ1v) is 6.15. The van der Waals surface area contributed by atoms with Crippen molar-refractivity contribution in [3.05, 3.63) is 64.4 Å². The minimum atomic E-state index is -0.644. The average molecular weight is 275 g/mol. The molecule has 1 unspecified atom stereocenters. The van der Waals surface area contributed by atoms with E-state index in [1.54, 1.807) is 6.07 Å². The maximum atomic E-state index is 13.3. The van der Waals surface area contributed by atoms with Crippen molar-refractivity contribution >= 4 is 17.3 Å². The van der Waals surface area contributed by atoms with Crippen LogP contribution in [0.2, 0.25) is 5.02 Å². The van der Waals surface area contributed by atoms with Gasteiger partial charge in [0, 0.05) is 10.7 Å². The second kappa shape index (κ2) is 5.73. The monoisotopic (exact) mass is 274 g/mol. The average Bonchev–Trinajstić information content (AvgIpc) is 2.34. The van der Waals surface area contributed by atoms with E-state index in [0.29, 0.717) is 5.56 Å². The van der Waals surface area contributed by atoms with Gasteiger partial charge >= 0.3 is 0 Å². The number of hydrogen-bond acceptors (Lipinski definition) is 2. The minimum absolute atomic E-state index is 0.279. The van der Waals surface area contributed by atoms with E-state index < -0.39 is 11.9 Å². The molecular formula is C15H12ClFN2. The van der Waals surface area contributed by atoms with Gasteiger partial charge in [0.15, 0.2) is 0 Å². The number of nitrogens with zero attached hydrogens (tertiary/aromatic N) is 1. The van der Waals surface area contributed by atoms with Crippen LogP contribution in [0.25, 0.3) is 0 Å². The Morgan fingerprint density at radius 1 is 1.26 bits per heavy atom. The van der Waals surface area contributed by atoms with Crippen LogP contribution in [0.4, 0.5) is 10.1 Å². The minimum Gasteiger partial charge on any atom is -0.366 e. The lowest BCUT2D eigenvalue weighted by molar-refractivity contribution is 0.625. The van der Waals surface area contributed by atoms with E-state index in [9.17, 15) is 9.65 Å². The van der Waals surface area contributed by atoms with Gasteiger partial charge in [-0.3, -0.25) is 0 Å². The zero-order chi connectivity index (χ0) is 13.8. The maximum absolute atomic E-state index is 13.3. The number of nitriles is 1. The van der Waals surface area contributed by atoms with Crippen LogP contribution in [0, 0.1) is 24.1 Å². The smallest absolute Gasteiger partial charge is 0.140 e. The van der Waals surface area contributed by atoms with Gasteiger partial charge in [-0.2, -0.15) is 5.26 Å². The van der Waals surface area contributed by atoms with Crippen LogP contribution in [-0.4, -0.2) is 0 Å². The normalized spacial score (nSPS) is 11.7. The van der Waals surface area contributed by atoms with E-state index in [-0.39, 0.29) is 5.02 Å². The van der Waals surface area contributed by atoms with Gasteiger partial charge in [-0.25, -0.2) is 4.39 Å². The van der Waals surface area contributed by atoms with E-state index in [1.165, 1.54) is 12.1 Å². The molecule has 0 spiro atoms. The second-order valence-electron chi connectivity index (χ2n) is 4.28. The molecule has 0 radical (unpaired) electrons. The SMILES string of the molecule is Cc1cccc(NC(C#N)c2cc(F)cc(Cl)c2)c1. The summed E-state index contributed by atoms with van der Waals surface area (Å²) in [5, 5.41) is 12.5. The Balaban J connectivity index is 2.28. The summed E-state index contributed by atoms with van der Waals surface area (Å²) in [5.74, 6) is -0.450. The molecule has 0 aromatic heterocycles. The summed E-state index contributed by atoms with van der Waals surface area (Å²) in [6.45, 7) is 1.96. The first kappa shape index (κ1) is 13.4. The van der Waals surface area contributed by atoms with Gasteiger partial charge in [-0.15, -0.1) is 0 Å². The van der Waals surface area contributed by atoms with Gasteiger partial charge < -0.3 is 5.32 Å². The van der Waals surface area contributed by atoms with Crippen molar-refractivity contribution in [2.24, 2.45) is 0 Å². The number of benzene rings is 2. The van der Waals surface area contributed by atoms with Crippen molar-refractivity contribution in [3.63, 3.8) is 0 Å². The van der Waals surface area contributed by atoms with Crippen molar-refractivity contribution in [2.45, 2.75) is 13.0 Å². The highest BCUT2D eigenvalue weighted by Crippen LogP contribution is 2.23. The molecule has 1 atom stereocenters. The van der Waals surface area contributed by atoms with E-state index in [1.807, 2.05) is 31.2 Å². The zero-order valence-corrected chi connectivity index (χ0v) is 11.1. The highest BCUT2D eigenvalue weighted by molar-refractivity contribution is 6.30. The number of halogens is 2. The molecule has 0 saturated carbocycles. The third-order valence-electron chi connectivity index (χ3n) is 2.68. The fraction of sp³-hybridized carbons (Fsp3) is 0.133. The third kappa shape index (κ3) is 3.46. The Morgan fingerprint density at radius 3 is 2.68 bits per heavy atom. The molecule has 2 aromatic carbocycles. The first-order valence-electron chi connectivity index (χ1n) is 5.77. The standard InChI is InChI=1S/C15H12ClFN2/c1-10-3-2-4-14(5-10)19-15(9-18)11-6-12(16)8-13(17)7-11/h2-8,15,19H,1H3. The fourth-order valence-electron chi connectivity index (χ4n) is 1.83. The van der Waals surface area contributed by atoms with Gasteiger partial charge in [-0.1, -0.05) is 23.7 Å².